The van der Waals surface area contributed by atoms with Gasteiger partial charge in [0.25, 0.3) is 5.91 Å². The smallest absolute Gasteiger partial charge is 0.268 e. The van der Waals surface area contributed by atoms with Gasteiger partial charge in [-0.15, -0.1) is 0 Å². The number of rotatable bonds is 3. The molecule has 1 amide bonds. The zero-order valence-corrected chi connectivity index (χ0v) is 14.6. The molecule has 0 radical (unpaired) electrons. The number of aromatic hydroxyl groups is 1. The first-order valence-electron chi connectivity index (χ1n) is 8.42. The fourth-order valence-electron chi connectivity index (χ4n) is 3.48. The van der Waals surface area contributed by atoms with Crippen LogP contribution in [-0.4, -0.2) is 32.1 Å². The quantitative estimate of drug-likeness (QED) is 0.676. The largest absolute Gasteiger partial charge is 0.508 e. The molecule has 0 unspecified atom stereocenters. The summed E-state index contributed by atoms with van der Waals surface area (Å²) in [6.45, 7) is 5.35. The van der Waals surface area contributed by atoms with Crippen molar-refractivity contribution in [3.63, 3.8) is 0 Å². The van der Waals surface area contributed by atoms with Gasteiger partial charge in [0.2, 0.25) is 5.95 Å². The number of hydrogen-bond donors (Lipinski definition) is 3. The Hall–Kier alpha value is -3.35. The second kappa shape index (κ2) is 6.18. The van der Waals surface area contributed by atoms with Crippen LogP contribution in [0.3, 0.4) is 0 Å². The molecule has 4 rings (SSSR count). The van der Waals surface area contributed by atoms with Gasteiger partial charge in [0.15, 0.2) is 0 Å². The number of fused-ring (bicyclic) bond motifs is 1. The summed E-state index contributed by atoms with van der Waals surface area (Å²) in [6.07, 6.45) is 1.68. The number of anilines is 2. The van der Waals surface area contributed by atoms with E-state index in [-0.39, 0.29) is 11.7 Å². The summed E-state index contributed by atoms with van der Waals surface area (Å²) < 4.78 is 2.05. The van der Waals surface area contributed by atoms with Gasteiger partial charge < -0.3 is 20.3 Å². The minimum atomic E-state index is -0.0461. The van der Waals surface area contributed by atoms with Gasteiger partial charge in [0.05, 0.1) is 5.69 Å². The van der Waals surface area contributed by atoms with E-state index in [0.29, 0.717) is 23.9 Å². The van der Waals surface area contributed by atoms with E-state index in [1.54, 1.807) is 24.4 Å². The average Bonchev–Trinajstić information content (AvgIpc) is 2.87. The van der Waals surface area contributed by atoms with Crippen LogP contribution in [0.1, 0.15) is 21.7 Å². The second-order valence-electron chi connectivity index (χ2n) is 6.28. The molecule has 0 atom stereocenters. The third-order valence-corrected chi connectivity index (χ3v) is 4.62. The minimum absolute atomic E-state index is 0.0461. The summed E-state index contributed by atoms with van der Waals surface area (Å²) in [5.41, 5.74) is 5.05. The van der Waals surface area contributed by atoms with Crippen LogP contribution in [0.25, 0.3) is 11.3 Å². The number of phenols is 1. The SMILES string of the molecule is Cc1c(-c2ccnc(Nc3cccc(O)c3)n2)c(C)n2c1C(=O)NCC2. The Morgan fingerprint density at radius 2 is 2.12 bits per heavy atom. The van der Waals surface area contributed by atoms with Gasteiger partial charge in [-0.3, -0.25) is 4.79 Å². The summed E-state index contributed by atoms with van der Waals surface area (Å²) >= 11 is 0. The number of aromatic nitrogens is 3. The Labute approximate surface area is 150 Å². The molecule has 7 heteroatoms. The Bertz CT molecular complexity index is 1010. The van der Waals surface area contributed by atoms with Crippen molar-refractivity contribution in [1.29, 1.82) is 0 Å². The van der Waals surface area contributed by atoms with Crippen molar-refractivity contribution in [1.82, 2.24) is 19.9 Å². The Morgan fingerprint density at radius 1 is 1.27 bits per heavy atom. The van der Waals surface area contributed by atoms with Gasteiger partial charge in [-0.05, 0) is 37.6 Å². The van der Waals surface area contributed by atoms with E-state index in [1.807, 2.05) is 30.5 Å². The number of carbonyl (C=O) groups excluding carboxylic acids is 1. The molecule has 7 nitrogen and oxygen atoms in total. The van der Waals surface area contributed by atoms with Crippen molar-refractivity contribution in [2.75, 3.05) is 11.9 Å². The van der Waals surface area contributed by atoms with Crippen LogP contribution in [0.15, 0.2) is 36.5 Å². The van der Waals surface area contributed by atoms with E-state index in [2.05, 4.69) is 20.6 Å². The van der Waals surface area contributed by atoms with Gasteiger partial charge in [0, 0.05) is 42.3 Å². The molecule has 0 spiro atoms. The number of amides is 1. The maximum absolute atomic E-state index is 12.2. The molecule has 1 aromatic carbocycles. The van der Waals surface area contributed by atoms with E-state index in [9.17, 15) is 9.90 Å². The van der Waals surface area contributed by atoms with Crippen LogP contribution < -0.4 is 10.6 Å². The molecule has 0 fully saturated rings. The van der Waals surface area contributed by atoms with Gasteiger partial charge in [-0.2, -0.15) is 0 Å². The van der Waals surface area contributed by atoms with Crippen molar-refractivity contribution < 1.29 is 9.90 Å². The lowest BCUT2D eigenvalue weighted by Gasteiger charge is -2.17. The van der Waals surface area contributed by atoms with Crippen LogP contribution in [0.5, 0.6) is 5.75 Å². The van der Waals surface area contributed by atoms with E-state index >= 15 is 0 Å². The monoisotopic (exact) mass is 349 g/mol. The predicted octanol–water partition coefficient (Wildman–Crippen LogP) is 2.75. The van der Waals surface area contributed by atoms with Crippen molar-refractivity contribution in [3.8, 4) is 17.0 Å². The van der Waals surface area contributed by atoms with E-state index in [0.717, 1.165) is 29.1 Å². The molecular weight excluding hydrogens is 330 g/mol. The molecule has 0 bridgehead atoms. The lowest BCUT2D eigenvalue weighted by molar-refractivity contribution is 0.0926. The molecule has 2 aromatic heterocycles. The first-order chi connectivity index (χ1) is 12.5. The zero-order chi connectivity index (χ0) is 18.3. The van der Waals surface area contributed by atoms with Gasteiger partial charge in [-0.1, -0.05) is 6.07 Å². The molecule has 0 saturated carbocycles. The van der Waals surface area contributed by atoms with Crippen molar-refractivity contribution >= 4 is 17.5 Å². The first-order valence-corrected chi connectivity index (χ1v) is 8.42. The van der Waals surface area contributed by atoms with Crippen molar-refractivity contribution in [3.05, 3.63) is 53.5 Å². The molecule has 3 N–H and O–H groups in total. The van der Waals surface area contributed by atoms with Crippen LogP contribution >= 0.6 is 0 Å². The molecule has 0 aliphatic carbocycles. The highest BCUT2D eigenvalue weighted by molar-refractivity contribution is 5.97. The Kier molecular flexibility index (Phi) is 3.84. The standard InChI is InChI=1S/C19H19N5O2/c1-11-16(12(2)24-9-8-20-18(26)17(11)24)15-6-7-21-19(23-15)22-13-4-3-5-14(25)10-13/h3-7,10,25H,8-9H2,1-2H3,(H,20,26)(H,21,22,23). The van der Waals surface area contributed by atoms with Crippen LogP contribution in [0.4, 0.5) is 11.6 Å². The topological polar surface area (TPSA) is 92.1 Å². The third-order valence-electron chi connectivity index (χ3n) is 4.62. The molecule has 26 heavy (non-hydrogen) atoms. The first kappa shape index (κ1) is 16.1. The summed E-state index contributed by atoms with van der Waals surface area (Å²) in [5.74, 6) is 0.555. The highest BCUT2D eigenvalue weighted by Gasteiger charge is 2.26. The van der Waals surface area contributed by atoms with E-state index in [4.69, 9.17) is 0 Å². The minimum Gasteiger partial charge on any atom is -0.508 e. The van der Waals surface area contributed by atoms with Gasteiger partial charge >= 0.3 is 0 Å². The highest BCUT2D eigenvalue weighted by atomic mass is 16.3. The molecule has 0 saturated heterocycles. The number of hydrogen-bond acceptors (Lipinski definition) is 5. The highest BCUT2D eigenvalue weighted by Crippen LogP contribution is 2.32. The maximum Gasteiger partial charge on any atom is 0.268 e. The van der Waals surface area contributed by atoms with Crippen LogP contribution in [0.2, 0.25) is 0 Å². The van der Waals surface area contributed by atoms with Gasteiger partial charge in [-0.25, -0.2) is 9.97 Å². The number of phenolic OH excluding ortho intramolecular Hbond substituents is 1. The molecule has 1 aliphatic rings. The summed E-state index contributed by atoms with van der Waals surface area (Å²) in [4.78, 5) is 21.1. The normalized spacial score (nSPS) is 13.2. The Balaban J connectivity index is 1.75. The van der Waals surface area contributed by atoms with E-state index in [1.165, 1.54) is 0 Å². The molecular formula is C19H19N5O2. The number of nitrogens with zero attached hydrogens (tertiary/aromatic N) is 3. The van der Waals surface area contributed by atoms with Crippen molar-refractivity contribution in [2.45, 2.75) is 20.4 Å². The molecule has 1 aliphatic heterocycles. The van der Waals surface area contributed by atoms with Crippen LogP contribution in [-0.2, 0) is 6.54 Å². The summed E-state index contributed by atoms with van der Waals surface area (Å²) in [7, 11) is 0. The third kappa shape index (κ3) is 2.67. The average molecular weight is 349 g/mol. The van der Waals surface area contributed by atoms with E-state index < -0.39 is 0 Å². The molecule has 132 valence electrons. The maximum atomic E-state index is 12.2. The summed E-state index contributed by atoms with van der Waals surface area (Å²) in [6, 6.07) is 8.62. The fourth-order valence-corrected chi connectivity index (χ4v) is 3.48. The molecule has 3 heterocycles. The lowest BCUT2D eigenvalue weighted by Crippen LogP contribution is -2.35. The van der Waals surface area contributed by atoms with Crippen molar-refractivity contribution in [2.24, 2.45) is 0 Å². The number of nitrogens with one attached hydrogen (secondary N) is 2. The zero-order valence-electron chi connectivity index (χ0n) is 14.6. The number of carbonyl (C=O) groups is 1. The predicted molar refractivity (Wildman–Crippen MR) is 98.7 cm³/mol. The lowest BCUT2D eigenvalue weighted by atomic mass is 10.1. The van der Waals surface area contributed by atoms with Gasteiger partial charge in [0.1, 0.15) is 11.4 Å². The molecule has 3 aromatic rings. The summed E-state index contributed by atoms with van der Waals surface area (Å²) in [5, 5.41) is 15.6. The van der Waals surface area contributed by atoms with Crippen LogP contribution in [0, 0.1) is 13.8 Å². The number of benzene rings is 1. The second-order valence-corrected chi connectivity index (χ2v) is 6.28. The Morgan fingerprint density at radius 3 is 2.88 bits per heavy atom. The fraction of sp³-hybridized carbons (Fsp3) is 0.211.